The van der Waals surface area contributed by atoms with Crippen molar-refractivity contribution in [3.8, 4) is 5.75 Å². The fourth-order valence-electron chi connectivity index (χ4n) is 1.01. The molecule has 0 aliphatic rings. The van der Waals surface area contributed by atoms with E-state index in [1.807, 2.05) is 0 Å². The zero-order valence-corrected chi connectivity index (χ0v) is 9.16. The highest BCUT2D eigenvalue weighted by Gasteiger charge is 2.16. The van der Waals surface area contributed by atoms with Crippen molar-refractivity contribution < 1.29 is 19.9 Å². The molecule has 0 saturated heterocycles. The molecule has 3 N–H and O–H groups in total. The van der Waals surface area contributed by atoms with Gasteiger partial charge in [0.25, 0.3) is 0 Å². The van der Waals surface area contributed by atoms with Crippen LogP contribution in [0.5, 0.6) is 5.75 Å². The molecular weight excluding hydrogens is 242 g/mol. The van der Waals surface area contributed by atoms with Crippen molar-refractivity contribution in [1.82, 2.24) is 0 Å². The number of hydrogen-bond donors (Lipinski definition) is 3. The van der Waals surface area contributed by atoms with Gasteiger partial charge in [0.1, 0.15) is 6.61 Å². The Morgan fingerprint density at radius 2 is 1.73 bits per heavy atom. The molecule has 1 rings (SSSR count). The van der Waals surface area contributed by atoms with E-state index in [1.165, 1.54) is 12.1 Å². The Morgan fingerprint density at radius 1 is 1.20 bits per heavy atom. The molecule has 1 aromatic rings. The van der Waals surface area contributed by atoms with E-state index < -0.39 is 7.12 Å². The predicted octanol–water partition coefficient (Wildman–Crippen LogP) is 0.0443. The molecule has 0 aliphatic carbocycles. The Kier molecular flexibility index (Phi) is 4.69. The van der Waals surface area contributed by atoms with Crippen molar-refractivity contribution in [1.29, 1.82) is 0 Å². The Balaban J connectivity index is 2.99. The quantitative estimate of drug-likeness (QED) is 0.661. The van der Waals surface area contributed by atoms with E-state index >= 15 is 0 Å². The van der Waals surface area contributed by atoms with E-state index in [9.17, 15) is 0 Å². The van der Waals surface area contributed by atoms with E-state index in [4.69, 9.17) is 43.1 Å². The average molecular weight is 251 g/mol. The van der Waals surface area contributed by atoms with Crippen LogP contribution in [0.1, 0.15) is 0 Å². The molecule has 7 heteroatoms. The second kappa shape index (κ2) is 5.58. The van der Waals surface area contributed by atoms with Gasteiger partial charge in [-0.3, -0.25) is 0 Å². The second-order valence-electron chi connectivity index (χ2n) is 2.76. The fraction of sp³-hybridized carbons (Fsp3) is 0.250. The number of halogens is 2. The summed E-state index contributed by atoms with van der Waals surface area (Å²) < 4.78 is 5.07. The average Bonchev–Trinajstić information content (AvgIpc) is 2.16. The van der Waals surface area contributed by atoms with Crippen molar-refractivity contribution >= 4 is 35.8 Å². The maximum absolute atomic E-state index is 8.90. The molecule has 0 heterocycles. The Hall–Kier alpha value is -0.455. The van der Waals surface area contributed by atoms with E-state index in [2.05, 4.69) is 0 Å². The van der Waals surface area contributed by atoms with Crippen LogP contribution < -0.4 is 10.2 Å². The van der Waals surface area contributed by atoms with Crippen LogP contribution in [0.25, 0.3) is 0 Å². The predicted molar refractivity (Wildman–Crippen MR) is 58.9 cm³/mol. The minimum absolute atomic E-state index is 0.0699. The van der Waals surface area contributed by atoms with E-state index in [-0.39, 0.29) is 34.5 Å². The van der Waals surface area contributed by atoms with E-state index in [1.54, 1.807) is 0 Å². The van der Waals surface area contributed by atoms with Gasteiger partial charge in [-0.15, -0.1) is 0 Å². The molecule has 0 aromatic heterocycles. The van der Waals surface area contributed by atoms with Crippen LogP contribution in [-0.4, -0.2) is 35.5 Å². The van der Waals surface area contributed by atoms with Gasteiger partial charge in [-0.1, -0.05) is 23.2 Å². The van der Waals surface area contributed by atoms with Crippen molar-refractivity contribution in [3.05, 3.63) is 22.2 Å². The monoisotopic (exact) mass is 250 g/mol. The number of hydrogen-bond acceptors (Lipinski definition) is 4. The normalized spacial score (nSPS) is 10.2. The number of aliphatic hydroxyl groups is 1. The molecule has 0 amide bonds. The molecule has 0 aliphatic heterocycles. The molecule has 1 aromatic carbocycles. The first kappa shape index (κ1) is 12.6. The summed E-state index contributed by atoms with van der Waals surface area (Å²) in [5, 5.41) is 26.7. The summed E-state index contributed by atoms with van der Waals surface area (Å²) in [5.74, 6) is 0.219. The number of ether oxygens (including phenoxy) is 1. The Bertz CT molecular complexity index is 322. The molecule has 0 spiro atoms. The maximum Gasteiger partial charge on any atom is 0.488 e. The lowest BCUT2D eigenvalue weighted by Crippen LogP contribution is -2.29. The zero-order chi connectivity index (χ0) is 11.4. The van der Waals surface area contributed by atoms with Crippen molar-refractivity contribution in [2.45, 2.75) is 0 Å². The van der Waals surface area contributed by atoms with Gasteiger partial charge in [-0.2, -0.15) is 0 Å². The van der Waals surface area contributed by atoms with Crippen molar-refractivity contribution in [2.24, 2.45) is 0 Å². The summed E-state index contributed by atoms with van der Waals surface area (Å²) in [6.45, 7) is -0.0858. The minimum Gasteiger partial charge on any atom is -0.488 e. The molecule has 0 fully saturated rings. The van der Waals surface area contributed by atoms with Crippen LogP contribution in [0.2, 0.25) is 10.0 Å². The third-order valence-corrected chi connectivity index (χ3v) is 2.22. The molecule has 4 nitrogen and oxygen atoms in total. The van der Waals surface area contributed by atoms with Gasteiger partial charge in [0.2, 0.25) is 0 Å². The standard InChI is InChI=1S/C8H9BCl2O4/c10-6-3-5(9(13)14)4-7(11)8(6)15-2-1-12/h3-4,12-14H,1-2H2. The van der Waals surface area contributed by atoms with Crippen molar-refractivity contribution in [3.63, 3.8) is 0 Å². The molecular formula is C8H9BCl2O4. The first-order valence-electron chi connectivity index (χ1n) is 4.15. The lowest BCUT2D eigenvalue weighted by atomic mass is 9.80. The summed E-state index contributed by atoms with van der Waals surface area (Å²) in [4.78, 5) is 0. The van der Waals surface area contributed by atoms with Gasteiger partial charge in [0, 0.05) is 0 Å². The van der Waals surface area contributed by atoms with Crippen LogP contribution in [0.4, 0.5) is 0 Å². The first-order valence-corrected chi connectivity index (χ1v) is 4.90. The molecule has 0 bridgehead atoms. The number of benzene rings is 1. The highest BCUT2D eigenvalue weighted by molar-refractivity contribution is 6.59. The third kappa shape index (κ3) is 3.26. The molecule has 0 saturated carbocycles. The minimum atomic E-state index is -1.63. The van der Waals surface area contributed by atoms with Gasteiger partial charge in [0.05, 0.1) is 16.7 Å². The van der Waals surface area contributed by atoms with Crippen LogP contribution in [0.3, 0.4) is 0 Å². The zero-order valence-electron chi connectivity index (χ0n) is 7.65. The van der Waals surface area contributed by atoms with Gasteiger partial charge in [0.15, 0.2) is 5.75 Å². The molecule has 0 radical (unpaired) electrons. The highest BCUT2D eigenvalue weighted by Crippen LogP contribution is 2.31. The summed E-state index contributed by atoms with van der Waals surface area (Å²) >= 11 is 11.6. The second-order valence-corrected chi connectivity index (χ2v) is 3.57. The van der Waals surface area contributed by atoms with Gasteiger partial charge in [-0.25, -0.2) is 0 Å². The third-order valence-electron chi connectivity index (χ3n) is 1.66. The van der Waals surface area contributed by atoms with E-state index in [0.29, 0.717) is 0 Å². The lowest BCUT2D eigenvalue weighted by Gasteiger charge is -2.10. The molecule has 0 unspecified atom stereocenters. The molecule has 0 atom stereocenters. The molecule has 15 heavy (non-hydrogen) atoms. The SMILES string of the molecule is OCCOc1c(Cl)cc(B(O)O)cc1Cl. The molecule has 82 valence electrons. The summed E-state index contributed by atoms with van der Waals surface area (Å²) in [6.07, 6.45) is 0. The highest BCUT2D eigenvalue weighted by atomic mass is 35.5. The summed E-state index contributed by atoms with van der Waals surface area (Å²) in [6, 6.07) is 2.68. The lowest BCUT2D eigenvalue weighted by molar-refractivity contribution is 0.201. The number of rotatable bonds is 4. The van der Waals surface area contributed by atoms with Crippen molar-refractivity contribution in [2.75, 3.05) is 13.2 Å². The van der Waals surface area contributed by atoms with Crippen LogP contribution in [0.15, 0.2) is 12.1 Å². The van der Waals surface area contributed by atoms with Crippen LogP contribution in [0, 0.1) is 0 Å². The smallest absolute Gasteiger partial charge is 0.488 e. The fourth-order valence-corrected chi connectivity index (χ4v) is 1.63. The maximum atomic E-state index is 8.90. The summed E-state index contributed by atoms with van der Waals surface area (Å²) in [7, 11) is -1.63. The van der Waals surface area contributed by atoms with Gasteiger partial charge >= 0.3 is 7.12 Å². The first-order chi connectivity index (χ1) is 7.06. The Morgan fingerprint density at radius 3 is 2.13 bits per heavy atom. The van der Waals surface area contributed by atoms with Crippen LogP contribution >= 0.6 is 23.2 Å². The Labute approximate surface area is 97.2 Å². The van der Waals surface area contributed by atoms with E-state index in [0.717, 1.165) is 0 Å². The largest absolute Gasteiger partial charge is 0.488 e. The van der Waals surface area contributed by atoms with Crippen LogP contribution in [-0.2, 0) is 0 Å². The van der Waals surface area contributed by atoms with Gasteiger partial charge < -0.3 is 19.9 Å². The topological polar surface area (TPSA) is 69.9 Å². The summed E-state index contributed by atoms with van der Waals surface area (Å²) in [5.41, 5.74) is 0.182. The van der Waals surface area contributed by atoms with Gasteiger partial charge in [-0.05, 0) is 17.6 Å². The number of aliphatic hydroxyl groups excluding tert-OH is 1.